The zero-order valence-corrected chi connectivity index (χ0v) is 15.9. The molecular weight excluding hydrogens is 362 g/mol. The predicted octanol–water partition coefficient (Wildman–Crippen LogP) is 2.78. The maximum Gasteiger partial charge on any atom is 0.306 e. The molecule has 1 atom stereocenters. The number of nitrogens with one attached hydrogen (secondary N) is 1. The lowest BCUT2D eigenvalue weighted by molar-refractivity contribution is -0.148. The van der Waals surface area contributed by atoms with Crippen molar-refractivity contribution in [1.29, 1.82) is 0 Å². The molecule has 1 heterocycles. The third kappa shape index (κ3) is 5.16. The minimum atomic E-state index is -0.415. The van der Waals surface area contributed by atoms with Crippen LogP contribution in [0.2, 0.25) is 0 Å². The number of fused-ring (bicyclic) bond motifs is 1. The summed E-state index contributed by atoms with van der Waals surface area (Å²) in [5, 5.41) is 2.80. The third-order valence-electron chi connectivity index (χ3n) is 4.42. The van der Waals surface area contributed by atoms with E-state index in [0.29, 0.717) is 17.9 Å². The van der Waals surface area contributed by atoms with Crippen molar-refractivity contribution in [3.63, 3.8) is 0 Å². The summed E-state index contributed by atoms with van der Waals surface area (Å²) in [6.07, 6.45) is 0.745. The predicted molar refractivity (Wildman–Crippen MR) is 101 cm³/mol. The minimum Gasteiger partial charge on any atom is -0.497 e. The van der Waals surface area contributed by atoms with Crippen molar-refractivity contribution >= 4 is 11.9 Å². The number of amides is 1. The van der Waals surface area contributed by atoms with Gasteiger partial charge in [0, 0.05) is 6.42 Å². The molecule has 3 rings (SSSR count). The zero-order chi connectivity index (χ0) is 19.9. The molecule has 0 aromatic heterocycles. The first-order valence-corrected chi connectivity index (χ1v) is 9.02. The van der Waals surface area contributed by atoms with Crippen molar-refractivity contribution in [3.8, 4) is 17.2 Å². The van der Waals surface area contributed by atoms with Crippen LogP contribution in [0.5, 0.6) is 17.2 Å². The Hall–Kier alpha value is -3.22. The van der Waals surface area contributed by atoms with Gasteiger partial charge in [-0.2, -0.15) is 0 Å². The lowest BCUT2D eigenvalue weighted by Gasteiger charge is -2.15. The average molecular weight is 385 g/mol. The number of hydrogen-bond donors (Lipinski definition) is 1. The number of methoxy groups -OCH3 is 1. The van der Waals surface area contributed by atoms with E-state index in [0.717, 1.165) is 16.9 Å². The van der Waals surface area contributed by atoms with E-state index in [1.807, 2.05) is 43.3 Å². The Kier molecular flexibility index (Phi) is 6.37. The van der Waals surface area contributed by atoms with E-state index in [9.17, 15) is 9.59 Å². The van der Waals surface area contributed by atoms with Crippen molar-refractivity contribution in [1.82, 2.24) is 5.32 Å². The van der Waals surface area contributed by atoms with E-state index in [1.165, 1.54) is 0 Å². The summed E-state index contributed by atoms with van der Waals surface area (Å²) in [4.78, 5) is 23.9. The van der Waals surface area contributed by atoms with Crippen LogP contribution in [0, 0.1) is 0 Å². The van der Waals surface area contributed by atoms with Gasteiger partial charge in [-0.05, 0) is 48.7 Å². The van der Waals surface area contributed by atoms with Gasteiger partial charge >= 0.3 is 5.97 Å². The van der Waals surface area contributed by atoms with Gasteiger partial charge in [-0.1, -0.05) is 18.2 Å². The Labute approximate surface area is 163 Å². The molecule has 0 saturated carbocycles. The molecule has 0 fully saturated rings. The molecule has 0 radical (unpaired) electrons. The summed E-state index contributed by atoms with van der Waals surface area (Å²) in [5.41, 5.74) is 1.88. The van der Waals surface area contributed by atoms with Gasteiger partial charge in [0.05, 0.1) is 13.2 Å². The highest BCUT2D eigenvalue weighted by Gasteiger charge is 2.17. The van der Waals surface area contributed by atoms with E-state index in [4.69, 9.17) is 18.9 Å². The van der Waals surface area contributed by atoms with Crippen molar-refractivity contribution in [2.75, 3.05) is 20.5 Å². The number of rotatable bonds is 8. The van der Waals surface area contributed by atoms with Crippen molar-refractivity contribution in [2.24, 2.45) is 0 Å². The van der Waals surface area contributed by atoms with Gasteiger partial charge in [0.25, 0.3) is 5.91 Å². The number of hydrogen-bond acceptors (Lipinski definition) is 6. The lowest BCUT2D eigenvalue weighted by Crippen LogP contribution is -2.31. The normalized spacial score (nSPS) is 12.9. The van der Waals surface area contributed by atoms with Crippen LogP contribution < -0.4 is 19.5 Å². The maximum absolute atomic E-state index is 12.1. The number of esters is 1. The fraction of sp³-hybridized carbons (Fsp3) is 0.333. The molecule has 2 aromatic rings. The molecular formula is C21H23NO6. The Balaban J connectivity index is 1.40. The Morgan fingerprint density at radius 3 is 2.61 bits per heavy atom. The summed E-state index contributed by atoms with van der Waals surface area (Å²) in [5.74, 6) is 1.33. The highest BCUT2D eigenvalue weighted by molar-refractivity contribution is 5.80. The average Bonchev–Trinajstić information content (AvgIpc) is 3.19. The second kappa shape index (κ2) is 9.12. The molecule has 1 aliphatic rings. The largest absolute Gasteiger partial charge is 0.497 e. The fourth-order valence-corrected chi connectivity index (χ4v) is 2.81. The second-order valence-electron chi connectivity index (χ2n) is 6.41. The number of benzene rings is 2. The van der Waals surface area contributed by atoms with Crippen molar-refractivity contribution in [3.05, 3.63) is 53.6 Å². The molecule has 1 N–H and O–H groups in total. The molecule has 0 bridgehead atoms. The van der Waals surface area contributed by atoms with E-state index >= 15 is 0 Å². The maximum atomic E-state index is 12.1. The Morgan fingerprint density at radius 2 is 1.86 bits per heavy atom. The molecule has 0 aliphatic carbocycles. The van der Waals surface area contributed by atoms with Crippen LogP contribution in [0.1, 0.15) is 30.5 Å². The molecule has 1 aliphatic heterocycles. The first-order valence-electron chi connectivity index (χ1n) is 9.02. The molecule has 28 heavy (non-hydrogen) atoms. The SMILES string of the molecule is COc1ccc(CCC(=O)OCC(=O)N[C@H](C)c2ccc3c(c2)OCO3)cc1. The molecule has 0 saturated heterocycles. The smallest absolute Gasteiger partial charge is 0.306 e. The number of aryl methyl sites for hydroxylation is 1. The number of carbonyl (C=O) groups excluding carboxylic acids is 2. The molecule has 0 spiro atoms. The summed E-state index contributed by atoms with van der Waals surface area (Å²) in [7, 11) is 1.60. The van der Waals surface area contributed by atoms with E-state index in [-0.39, 0.29) is 31.8 Å². The monoisotopic (exact) mass is 385 g/mol. The Morgan fingerprint density at radius 1 is 1.11 bits per heavy atom. The second-order valence-corrected chi connectivity index (χ2v) is 6.41. The van der Waals surface area contributed by atoms with Gasteiger partial charge in [0.15, 0.2) is 18.1 Å². The van der Waals surface area contributed by atoms with Gasteiger partial charge in [-0.15, -0.1) is 0 Å². The first kappa shape index (κ1) is 19.5. The van der Waals surface area contributed by atoms with Crippen LogP contribution in [0.15, 0.2) is 42.5 Å². The van der Waals surface area contributed by atoms with Crippen LogP contribution in [-0.4, -0.2) is 32.4 Å². The zero-order valence-electron chi connectivity index (χ0n) is 15.9. The number of carbonyl (C=O) groups is 2. The van der Waals surface area contributed by atoms with Gasteiger partial charge in [0.2, 0.25) is 6.79 Å². The molecule has 148 valence electrons. The highest BCUT2D eigenvalue weighted by Crippen LogP contribution is 2.34. The topological polar surface area (TPSA) is 83.1 Å². The van der Waals surface area contributed by atoms with E-state index < -0.39 is 5.97 Å². The quantitative estimate of drug-likeness (QED) is 0.704. The highest BCUT2D eigenvalue weighted by atomic mass is 16.7. The molecule has 7 nitrogen and oxygen atoms in total. The minimum absolute atomic E-state index is 0.200. The summed E-state index contributed by atoms with van der Waals surface area (Å²) < 4.78 is 20.8. The Bertz CT molecular complexity index is 833. The van der Waals surface area contributed by atoms with Gasteiger partial charge in [-0.3, -0.25) is 9.59 Å². The van der Waals surface area contributed by atoms with E-state index in [2.05, 4.69) is 5.32 Å². The van der Waals surface area contributed by atoms with Crippen LogP contribution in [-0.2, 0) is 20.7 Å². The van der Waals surface area contributed by atoms with Crippen LogP contribution in [0.3, 0.4) is 0 Å². The molecule has 2 aromatic carbocycles. The summed E-state index contributed by atoms with van der Waals surface area (Å²) in [6.45, 7) is 1.74. The standard InChI is InChI=1S/C21H23NO6/c1-14(16-6-9-18-19(11-16)28-13-27-18)22-20(23)12-26-21(24)10-5-15-3-7-17(25-2)8-4-15/h3-4,6-9,11,14H,5,10,12-13H2,1-2H3,(H,22,23)/t14-/m1/s1. The first-order chi connectivity index (χ1) is 13.5. The molecule has 0 unspecified atom stereocenters. The van der Waals surface area contributed by atoms with Gasteiger partial charge < -0.3 is 24.3 Å². The van der Waals surface area contributed by atoms with Crippen molar-refractivity contribution < 1.29 is 28.5 Å². The van der Waals surface area contributed by atoms with Crippen LogP contribution in [0.25, 0.3) is 0 Å². The lowest BCUT2D eigenvalue weighted by atomic mass is 10.1. The van der Waals surface area contributed by atoms with Gasteiger partial charge in [0.1, 0.15) is 5.75 Å². The van der Waals surface area contributed by atoms with E-state index in [1.54, 1.807) is 13.2 Å². The number of ether oxygens (including phenoxy) is 4. The molecule has 7 heteroatoms. The van der Waals surface area contributed by atoms with Crippen LogP contribution >= 0.6 is 0 Å². The third-order valence-corrected chi connectivity index (χ3v) is 4.42. The van der Waals surface area contributed by atoms with Gasteiger partial charge in [-0.25, -0.2) is 0 Å². The fourth-order valence-electron chi connectivity index (χ4n) is 2.81. The molecule has 1 amide bonds. The van der Waals surface area contributed by atoms with Crippen LogP contribution in [0.4, 0.5) is 0 Å². The van der Waals surface area contributed by atoms with Crippen molar-refractivity contribution in [2.45, 2.75) is 25.8 Å². The summed E-state index contributed by atoms with van der Waals surface area (Å²) in [6, 6.07) is 12.7. The summed E-state index contributed by atoms with van der Waals surface area (Å²) >= 11 is 0.